The predicted molar refractivity (Wildman–Crippen MR) is 112 cm³/mol. The van der Waals surface area contributed by atoms with Crippen LogP contribution in [0.25, 0.3) is 0 Å². The fraction of sp³-hybridized carbons (Fsp3) is 0.680. The highest BCUT2D eigenvalue weighted by Gasteiger charge is 2.31. The SMILES string of the molecule is C=CCc1cc(C2CCC(C3CCC(CCC)CC3)CC2)ccc1OC. The lowest BCUT2D eigenvalue weighted by atomic mass is 9.68. The zero-order valence-electron chi connectivity index (χ0n) is 17.0. The highest BCUT2D eigenvalue weighted by Crippen LogP contribution is 2.44. The fourth-order valence-corrected chi connectivity index (χ4v) is 5.65. The van der Waals surface area contributed by atoms with E-state index in [0.29, 0.717) is 0 Å². The molecule has 2 aliphatic carbocycles. The van der Waals surface area contributed by atoms with Crippen molar-refractivity contribution >= 4 is 0 Å². The maximum Gasteiger partial charge on any atom is 0.122 e. The summed E-state index contributed by atoms with van der Waals surface area (Å²) in [5.74, 6) is 4.81. The maximum absolute atomic E-state index is 5.51. The van der Waals surface area contributed by atoms with Gasteiger partial charge in [0, 0.05) is 0 Å². The molecule has 26 heavy (non-hydrogen) atoms. The van der Waals surface area contributed by atoms with E-state index in [1.165, 1.54) is 75.3 Å². The minimum atomic E-state index is 0.747. The minimum Gasteiger partial charge on any atom is -0.496 e. The molecule has 0 atom stereocenters. The first-order chi connectivity index (χ1) is 12.7. The molecule has 0 N–H and O–H groups in total. The van der Waals surface area contributed by atoms with Crippen molar-refractivity contribution < 1.29 is 4.74 Å². The molecule has 0 heterocycles. The minimum absolute atomic E-state index is 0.747. The molecule has 1 aromatic carbocycles. The lowest BCUT2D eigenvalue weighted by molar-refractivity contribution is 0.156. The van der Waals surface area contributed by atoms with E-state index < -0.39 is 0 Å². The highest BCUT2D eigenvalue weighted by atomic mass is 16.5. The van der Waals surface area contributed by atoms with E-state index in [1.54, 1.807) is 7.11 Å². The van der Waals surface area contributed by atoms with Crippen LogP contribution in [0.15, 0.2) is 30.9 Å². The van der Waals surface area contributed by atoms with Gasteiger partial charge in [-0.3, -0.25) is 0 Å². The monoisotopic (exact) mass is 354 g/mol. The van der Waals surface area contributed by atoms with E-state index in [1.807, 2.05) is 6.08 Å². The van der Waals surface area contributed by atoms with Gasteiger partial charge in [0.1, 0.15) is 5.75 Å². The van der Waals surface area contributed by atoms with Crippen LogP contribution < -0.4 is 4.74 Å². The van der Waals surface area contributed by atoms with Crippen molar-refractivity contribution in [1.29, 1.82) is 0 Å². The number of rotatable bonds is 7. The number of ether oxygens (including phenoxy) is 1. The van der Waals surface area contributed by atoms with Gasteiger partial charge in [0.2, 0.25) is 0 Å². The van der Waals surface area contributed by atoms with Gasteiger partial charge in [0.25, 0.3) is 0 Å². The Bertz CT molecular complexity index is 560. The average molecular weight is 355 g/mol. The van der Waals surface area contributed by atoms with E-state index in [0.717, 1.165) is 35.8 Å². The van der Waals surface area contributed by atoms with E-state index >= 15 is 0 Å². The summed E-state index contributed by atoms with van der Waals surface area (Å²) in [7, 11) is 1.77. The molecule has 0 aromatic heterocycles. The Labute approximate surface area is 161 Å². The topological polar surface area (TPSA) is 9.23 Å². The molecule has 0 saturated heterocycles. The third-order valence-corrected chi connectivity index (χ3v) is 7.17. The molecule has 2 saturated carbocycles. The number of methoxy groups -OCH3 is 1. The first kappa shape index (κ1) is 19.5. The van der Waals surface area contributed by atoms with Crippen LogP contribution in [0.4, 0.5) is 0 Å². The normalized spacial score (nSPS) is 29.3. The first-order valence-electron chi connectivity index (χ1n) is 11.0. The average Bonchev–Trinajstić information content (AvgIpc) is 2.69. The lowest BCUT2D eigenvalue weighted by Crippen LogP contribution is -2.25. The summed E-state index contributed by atoms with van der Waals surface area (Å²) in [6.07, 6.45) is 17.4. The van der Waals surface area contributed by atoms with Crippen LogP contribution >= 0.6 is 0 Å². The number of allylic oxidation sites excluding steroid dienone is 1. The second kappa shape index (κ2) is 9.62. The van der Waals surface area contributed by atoms with Crippen LogP contribution in [0.2, 0.25) is 0 Å². The fourth-order valence-electron chi connectivity index (χ4n) is 5.65. The van der Waals surface area contributed by atoms with Gasteiger partial charge in [0.15, 0.2) is 0 Å². The molecular weight excluding hydrogens is 316 g/mol. The predicted octanol–water partition coefficient (Wildman–Crippen LogP) is 7.30. The van der Waals surface area contributed by atoms with Gasteiger partial charge in [0.05, 0.1) is 7.11 Å². The Morgan fingerprint density at radius 2 is 1.65 bits per heavy atom. The molecule has 3 rings (SSSR count). The molecule has 0 radical (unpaired) electrons. The van der Waals surface area contributed by atoms with Gasteiger partial charge in [-0.05, 0) is 85.8 Å². The van der Waals surface area contributed by atoms with Gasteiger partial charge >= 0.3 is 0 Å². The van der Waals surface area contributed by atoms with Gasteiger partial charge in [-0.2, -0.15) is 0 Å². The second-order valence-electron chi connectivity index (χ2n) is 8.75. The molecule has 0 bridgehead atoms. The van der Waals surface area contributed by atoms with Crippen LogP contribution in [-0.2, 0) is 6.42 Å². The summed E-state index contributed by atoms with van der Waals surface area (Å²) in [5.41, 5.74) is 2.81. The van der Waals surface area contributed by atoms with Crippen LogP contribution in [0, 0.1) is 17.8 Å². The Morgan fingerprint density at radius 1 is 1.00 bits per heavy atom. The van der Waals surface area contributed by atoms with Gasteiger partial charge in [-0.1, -0.05) is 50.8 Å². The summed E-state index contributed by atoms with van der Waals surface area (Å²) in [4.78, 5) is 0. The van der Waals surface area contributed by atoms with Crippen LogP contribution in [0.1, 0.15) is 88.2 Å². The van der Waals surface area contributed by atoms with Crippen LogP contribution in [0.3, 0.4) is 0 Å². The molecular formula is C25H38O. The molecule has 0 unspecified atom stereocenters. The largest absolute Gasteiger partial charge is 0.496 e. The zero-order chi connectivity index (χ0) is 18.4. The molecule has 0 spiro atoms. The molecule has 1 aromatic rings. The quantitative estimate of drug-likeness (QED) is 0.467. The number of benzene rings is 1. The Kier molecular flexibility index (Phi) is 7.23. The third-order valence-electron chi connectivity index (χ3n) is 7.17. The van der Waals surface area contributed by atoms with E-state index in [4.69, 9.17) is 4.74 Å². The molecule has 1 nitrogen and oxygen atoms in total. The van der Waals surface area contributed by atoms with Gasteiger partial charge in [-0.25, -0.2) is 0 Å². The first-order valence-corrected chi connectivity index (χ1v) is 11.0. The molecule has 144 valence electrons. The molecule has 2 aliphatic rings. The summed E-state index contributed by atoms with van der Waals surface area (Å²) in [5, 5.41) is 0. The van der Waals surface area contributed by atoms with Crippen molar-refractivity contribution in [3.63, 3.8) is 0 Å². The van der Waals surface area contributed by atoms with Crippen LogP contribution in [-0.4, -0.2) is 7.11 Å². The lowest BCUT2D eigenvalue weighted by Gasteiger charge is -2.38. The molecule has 2 fully saturated rings. The highest BCUT2D eigenvalue weighted by molar-refractivity contribution is 5.39. The standard InChI is InChI=1S/C25H38O/c1-4-6-19-8-10-20(11-9-19)21-12-14-22(15-13-21)23-16-17-25(26-3)24(18-23)7-5-2/h5,16-22H,2,4,6-15H2,1,3H3. The third kappa shape index (κ3) is 4.72. The van der Waals surface area contributed by atoms with Crippen molar-refractivity contribution in [2.75, 3.05) is 7.11 Å². The molecule has 0 amide bonds. The Morgan fingerprint density at radius 3 is 2.23 bits per heavy atom. The Balaban J connectivity index is 1.54. The summed E-state index contributed by atoms with van der Waals surface area (Å²) >= 11 is 0. The van der Waals surface area contributed by atoms with Crippen molar-refractivity contribution in [1.82, 2.24) is 0 Å². The van der Waals surface area contributed by atoms with Crippen molar-refractivity contribution in [3.8, 4) is 5.75 Å². The van der Waals surface area contributed by atoms with Crippen molar-refractivity contribution in [3.05, 3.63) is 42.0 Å². The summed E-state index contributed by atoms with van der Waals surface area (Å²) in [6, 6.07) is 6.84. The van der Waals surface area contributed by atoms with Gasteiger partial charge in [-0.15, -0.1) is 6.58 Å². The number of hydrogen-bond donors (Lipinski definition) is 0. The van der Waals surface area contributed by atoms with Crippen LogP contribution in [0.5, 0.6) is 5.75 Å². The van der Waals surface area contributed by atoms with Crippen molar-refractivity contribution in [2.45, 2.75) is 83.5 Å². The summed E-state index contributed by atoms with van der Waals surface area (Å²) in [6.45, 7) is 6.24. The molecule has 1 heteroatoms. The summed E-state index contributed by atoms with van der Waals surface area (Å²) < 4.78 is 5.51. The van der Waals surface area contributed by atoms with E-state index in [9.17, 15) is 0 Å². The van der Waals surface area contributed by atoms with E-state index in [-0.39, 0.29) is 0 Å². The maximum atomic E-state index is 5.51. The number of hydrogen-bond acceptors (Lipinski definition) is 1. The Hall–Kier alpha value is -1.24. The van der Waals surface area contributed by atoms with E-state index in [2.05, 4.69) is 31.7 Å². The smallest absolute Gasteiger partial charge is 0.122 e. The molecule has 0 aliphatic heterocycles. The van der Waals surface area contributed by atoms with Gasteiger partial charge < -0.3 is 4.74 Å². The second-order valence-corrected chi connectivity index (χ2v) is 8.75. The van der Waals surface area contributed by atoms with Crippen molar-refractivity contribution in [2.24, 2.45) is 17.8 Å². The zero-order valence-corrected chi connectivity index (χ0v) is 17.0.